The second kappa shape index (κ2) is 7.12. The highest BCUT2D eigenvalue weighted by atomic mass is 32.2. The van der Waals surface area contributed by atoms with E-state index in [2.05, 4.69) is 15.6 Å². The van der Waals surface area contributed by atoms with Gasteiger partial charge in [0, 0.05) is 6.04 Å². The molecule has 0 spiro atoms. The van der Waals surface area contributed by atoms with E-state index in [9.17, 15) is 13.2 Å². The Balaban J connectivity index is 2.41. The van der Waals surface area contributed by atoms with Crippen LogP contribution in [-0.4, -0.2) is 31.9 Å². The fourth-order valence-electron chi connectivity index (χ4n) is 2.06. The van der Waals surface area contributed by atoms with Gasteiger partial charge in [-0.05, 0) is 53.4 Å². The highest BCUT2D eigenvalue weighted by Gasteiger charge is 2.27. The van der Waals surface area contributed by atoms with Gasteiger partial charge < -0.3 is 10.1 Å². The fraction of sp³-hybridized carbons (Fsp3) is 0.857. The van der Waals surface area contributed by atoms with Crippen molar-refractivity contribution in [3.8, 4) is 6.07 Å². The molecule has 0 unspecified atom stereocenters. The van der Waals surface area contributed by atoms with Crippen molar-refractivity contribution in [3.63, 3.8) is 0 Å². The number of alkyl carbamates (subject to hydrolysis) is 1. The first-order chi connectivity index (χ1) is 9.61. The average Bonchev–Trinajstić information content (AvgIpc) is 2.36. The molecule has 21 heavy (non-hydrogen) atoms. The zero-order valence-electron chi connectivity index (χ0n) is 13.2. The zero-order chi connectivity index (χ0) is 16.1. The van der Waals surface area contributed by atoms with Crippen LogP contribution in [0.2, 0.25) is 0 Å². The summed E-state index contributed by atoms with van der Waals surface area (Å²) in [4.78, 5) is 11.7. The van der Waals surface area contributed by atoms with Crippen molar-refractivity contribution in [1.29, 1.82) is 0 Å². The number of nitrogens with one attached hydrogen (secondary N) is 1. The molecule has 0 aromatic carbocycles. The molecule has 1 N–H and O–H groups in total. The Morgan fingerprint density at radius 2 is 1.86 bits per heavy atom. The van der Waals surface area contributed by atoms with Gasteiger partial charge in [-0.1, -0.05) is 0 Å². The van der Waals surface area contributed by atoms with Crippen LogP contribution in [0.5, 0.6) is 0 Å². The Labute approximate surface area is 127 Å². The Hall–Kier alpha value is -1.29. The molecule has 1 rings (SSSR count). The minimum absolute atomic E-state index is 0.00442. The van der Waals surface area contributed by atoms with Crippen molar-refractivity contribution < 1.29 is 17.9 Å². The standard InChI is InChI=1S/C14H24N2O4S/c1-5-21(18,19)15-10-11-6-8-12(9-7-11)16-13(17)20-14(2,3)4/h11-12H,5-9H2,1-4H3/p+1. The van der Waals surface area contributed by atoms with Crippen molar-refractivity contribution in [3.05, 3.63) is 4.25 Å². The fourth-order valence-corrected chi connectivity index (χ4v) is 2.50. The van der Waals surface area contributed by atoms with E-state index in [4.69, 9.17) is 4.74 Å². The Morgan fingerprint density at radius 1 is 1.29 bits per heavy atom. The lowest BCUT2D eigenvalue weighted by Gasteiger charge is -2.26. The second-order valence-corrected chi connectivity index (χ2v) is 8.21. The van der Waals surface area contributed by atoms with Crippen LogP contribution in [0.15, 0.2) is 0 Å². The summed E-state index contributed by atoms with van der Waals surface area (Å²) in [6, 6.07) is 2.79. The number of hydrogen-bond acceptors (Lipinski definition) is 4. The normalized spacial score (nSPS) is 22.9. The van der Waals surface area contributed by atoms with E-state index >= 15 is 0 Å². The van der Waals surface area contributed by atoms with Gasteiger partial charge in [0.2, 0.25) is 0 Å². The summed E-state index contributed by atoms with van der Waals surface area (Å²) in [6.45, 7) is 7.03. The largest absolute Gasteiger partial charge is 0.478 e. The lowest BCUT2D eigenvalue weighted by Crippen LogP contribution is -2.40. The third-order valence-corrected chi connectivity index (χ3v) is 4.30. The van der Waals surface area contributed by atoms with Gasteiger partial charge in [0.05, 0.1) is 10.2 Å². The molecule has 7 heteroatoms. The topological polar surface area (TPSA) is 76.8 Å². The third kappa shape index (κ3) is 7.32. The van der Waals surface area contributed by atoms with Crippen LogP contribution in [0, 0.1) is 12.0 Å². The van der Waals surface area contributed by atoms with E-state index in [0.717, 1.165) is 25.7 Å². The molecule has 0 radical (unpaired) electrons. The smallest absolute Gasteiger partial charge is 0.444 e. The monoisotopic (exact) mass is 317 g/mol. The van der Waals surface area contributed by atoms with Crippen molar-refractivity contribution in [2.45, 2.75) is 65.0 Å². The van der Waals surface area contributed by atoms with E-state index in [0.29, 0.717) is 0 Å². The lowest BCUT2D eigenvalue weighted by molar-refractivity contribution is 0.0490. The average molecular weight is 317 g/mol. The van der Waals surface area contributed by atoms with Gasteiger partial charge in [0.15, 0.2) is 0 Å². The number of nitrogens with zero attached hydrogens (tertiary/aromatic N) is 1. The van der Waals surface area contributed by atoms with Crippen molar-refractivity contribution in [1.82, 2.24) is 5.32 Å². The minimum Gasteiger partial charge on any atom is -0.444 e. The Kier molecular flexibility index (Phi) is 6.02. The van der Waals surface area contributed by atoms with Gasteiger partial charge in [-0.2, -0.15) is 0 Å². The first kappa shape index (κ1) is 17.8. The van der Waals surface area contributed by atoms with Crippen molar-refractivity contribution >= 4 is 16.1 Å². The maximum atomic E-state index is 11.7. The van der Waals surface area contributed by atoms with E-state index in [1.807, 2.05) is 20.8 Å². The Bertz CT molecular complexity index is 517. The molecule has 0 aromatic heterocycles. The molecule has 0 bridgehead atoms. The molecule has 0 atom stereocenters. The molecule has 0 aromatic rings. The van der Waals surface area contributed by atoms with Crippen LogP contribution in [-0.2, 0) is 14.8 Å². The maximum Gasteiger partial charge on any atom is 0.478 e. The van der Waals surface area contributed by atoms with Crippen molar-refractivity contribution in [2.75, 3.05) is 5.75 Å². The predicted molar refractivity (Wildman–Crippen MR) is 81.8 cm³/mol. The quantitative estimate of drug-likeness (QED) is 0.849. The predicted octanol–water partition coefficient (Wildman–Crippen LogP) is 2.75. The molecule has 1 aliphatic carbocycles. The van der Waals surface area contributed by atoms with Gasteiger partial charge in [0.25, 0.3) is 0 Å². The van der Waals surface area contributed by atoms with Crippen molar-refractivity contribution in [2.24, 2.45) is 5.92 Å². The van der Waals surface area contributed by atoms with Gasteiger partial charge in [-0.3, -0.25) is 0 Å². The van der Waals surface area contributed by atoms with E-state index < -0.39 is 21.7 Å². The molecule has 120 valence electrons. The SMILES string of the molecule is CCS(=O)(=O)[N+]#CC1CCC(NC(=O)OC(C)(C)C)CC1. The van der Waals surface area contributed by atoms with Gasteiger partial charge in [-0.25, -0.2) is 4.79 Å². The number of carbonyl (C=O) groups excluding carboxylic acids is 1. The van der Waals surface area contributed by atoms with Gasteiger partial charge in [0.1, 0.15) is 11.4 Å². The molecule has 6 nitrogen and oxygen atoms in total. The first-order valence-electron chi connectivity index (χ1n) is 7.31. The molecule has 1 saturated carbocycles. The molecule has 0 saturated heterocycles. The van der Waals surface area contributed by atoms with Crippen LogP contribution in [0.3, 0.4) is 0 Å². The van der Waals surface area contributed by atoms with Crippen LogP contribution in [0.25, 0.3) is 4.25 Å². The third-order valence-electron chi connectivity index (χ3n) is 3.19. The van der Waals surface area contributed by atoms with Crippen LogP contribution >= 0.6 is 0 Å². The van der Waals surface area contributed by atoms with E-state index in [1.165, 1.54) is 0 Å². The summed E-state index contributed by atoms with van der Waals surface area (Å²) in [6.07, 6.45) is 2.68. The highest BCUT2D eigenvalue weighted by molar-refractivity contribution is 7.93. The van der Waals surface area contributed by atoms with E-state index in [-0.39, 0.29) is 17.7 Å². The zero-order valence-corrected chi connectivity index (χ0v) is 14.0. The number of hydrogen-bond donors (Lipinski definition) is 1. The summed E-state index contributed by atoms with van der Waals surface area (Å²) >= 11 is 0. The van der Waals surface area contributed by atoms with Crippen LogP contribution in [0.4, 0.5) is 4.79 Å². The molecule has 1 amide bonds. The number of sulfonamides is 1. The lowest BCUT2D eigenvalue weighted by atomic mass is 9.87. The number of carbonyl (C=O) groups is 1. The molecule has 0 heterocycles. The van der Waals surface area contributed by atoms with E-state index in [1.54, 1.807) is 6.92 Å². The molecule has 0 aliphatic heterocycles. The first-order valence-corrected chi connectivity index (χ1v) is 8.92. The molecular weight excluding hydrogens is 292 g/mol. The van der Waals surface area contributed by atoms with Gasteiger partial charge in [-0.15, -0.1) is 8.42 Å². The highest BCUT2D eigenvalue weighted by Crippen LogP contribution is 2.24. The van der Waals surface area contributed by atoms with Crippen LogP contribution in [0.1, 0.15) is 53.4 Å². The maximum absolute atomic E-state index is 11.7. The number of rotatable bonds is 2. The summed E-state index contributed by atoms with van der Waals surface area (Å²) in [5.74, 6) is 0.0400. The molecule has 1 aliphatic rings. The summed E-state index contributed by atoms with van der Waals surface area (Å²) < 4.78 is 31.3. The van der Waals surface area contributed by atoms with Crippen LogP contribution < -0.4 is 5.32 Å². The Morgan fingerprint density at radius 3 is 2.33 bits per heavy atom. The summed E-state index contributed by atoms with van der Waals surface area (Å²) in [5, 5.41) is 2.84. The molecular formula is C14H25N2O4S+. The number of ether oxygens (including phenoxy) is 1. The summed E-state index contributed by atoms with van der Waals surface area (Å²) in [5.41, 5.74) is -0.504. The second-order valence-electron chi connectivity index (χ2n) is 6.29. The minimum atomic E-state index is -3.35. The van der Waals surface area contributed by atoms with Gasteiger partial charge >= 0.3 is 22.2 Å². The number of amides is 1. The molecule has 1 fully saturated rings. The summed E-state index contributed by atoms with van der Waals surface area (Å²) in [7, 11) is -3.35.